The predicted octanol–water partition coefficient (Wildman–Crippen LogP) is 2.73. The molecule has 0 unspecified atom stereocenters. The van der Waals surface area contributed by atoms with Gasteiger partial charge in [-0.2, -0.15) is 17.9 Å². The first-order valence-corrected chi connectivity index (χ1v) is 13.9. The van der Waals surface area contributed by atoms with Gasteiger partial charge in [-0.1, -0.05) is 36.4 Å². The number of aryl methyl sites for hydroxylation is 1. The van der Waals surface area contributed by atoms with Gasteiger partial charge in [0.1, 0.15) is 17.1 Å². The fourth-order valence-electron chi connectivity index (χ4n) is 4.84. The van der Waals surface area contributed by atoms with Crippen molar-refractivity contribution in [1.29, 1.82) is 0 Å². The zero-order valence-electron chi connectivity index (χ0n) is 21.5. The number of phenolic OH excluding ortho intramolecular Hbond substituents is 1. The number of hydrogen-bond donors (Lipinski definition) is 4. The zero-order valence-corrected chi connectivity index (χ0v) is 22.3. The van der Waals surface area contributed by atoms with Gasteiger partial charge in [-0.3, -0.25) is 14.8 Å². The van der Waals surface area contributed by atoms with E-state index in [-0.39, 0.29) is 29.3 Å². The fourth-order valence-corrected chi connectivity index (χ4v) is 5.94. The number of carbonyl (C=O) groups is 1. The molecule has 1 heterocycles. The van der Waals surface area contributed by atoms with Crippen LogP contribution in [0.15, 0.2) is 60.9 Å². The van der Waals surface area contributed by atoms with Gasteiger partial charge in [0, 0.05) is 24.2 Å². The van der Waals surface area contributed by atoms with Gasteiger partial charge in [-0.25, -0.2) is 0 Å². The highest BCUT2D eigenvalue weighted by atomic mass is 32.2. The van der Waals surface area contributed by atoms with Crippen LogP contribution in [0.5, 0.6) is 11.5 Å². The quantitative estimate of drug-likeness (QED) is 0.310. The second-order valence-corrected chi connectivity index (χ2v) is 11.1. The first kappa shape index (κ1) is 27.5. The van der Waals surface area contributed by atoms with E-state index >= 15 is 0 Å². The van der Waals surface area contributed by atoms with Crippen molar-refractivity contribution in [3.05, 3.63) is 83.4 Å². The summed E-state index contributed by atoms with van der Waals surface area (Å²) in [5, 5.41) is 13.2. The summed E-state index contributed by atoms with van der Waals surface area (Å²) in [5.41, 5.74) is 2.06. The Labute approximate surface area is 223 Å². The zero-order chi connectivity index (χ0) is 27.2. The third-order valence-electron chi connectivity index (χ3n) is 6.97. The molecular weight excluding hydrogens is 506 g/mol. The molecular formula is C27H33N5O5S. The van der Waals surface area contributed by atoms with Crippen LogP contribution in [0.25, 0.3) is 0 Å². The van der Waals surface area contributed by atoms with E-state index in [1.54, 1.807) is 24.5 Å². The third kappa shape index (κ3) is 6.66. The van der Waals surface area contributed by atoms with Gasteiger partial charge in [0.05, 0.1) is 31.2 Å². The van der Waals surface area contributed by atoms with Crippen molar-refractivity contribution in [1.82, 2.24) is 24.7 Å². The number of hydrogen-bond acceptors (Lipinski definition) is 7. The molecule has 1 aliphatic carbocycles. The van der Waals surface area contributed by atoms with Crippen LogP contribution in [0.1, 0.15) is 53.0 Å². The molecule has 1 saturated carbocycles. The summed E-state index contributed by atoms with van der Waals surface area (Å²) in [6, 6.07) is 14.3. The molecule has 0 aliphatic heterocycles. The summed E-state index contributed by atoms with van der Waals surface area (Å²) in [5.74, 6) is -0.294. The number of phenols is 1. The molecule has 3 aromatic rings. The molecule has 0 radical (unpaired) electrons. The van der Waals surface area contributed by atoms with Crippen molar-refractivity contribution in [3.63, 3.8) is 0 Å². The number of ether oxygens (including phenoxy) is 1. The topological polar surface area (TPSA) is 143 Å². The maximum atomic E-state index is 13.1. The molecule has 1 aliphatic rings. The highest BCUT2D eigenvalue weighted by molar-refractivity contribution is 7.87. The highest BCUT2D eigenvalue weighted by Crippen LogP contribution is 2.39. The molecule has 38 heavy (non-hydrogen) atoms. The lowest BCUT2D eigenvalue weighted by atomic mass is 9.68. The molecule has 1 aromatic heterocycles. The Morgan fingerprint density at radius 2 is 1.82 bits per heavy atom. The van der Waals surface area contributed by atoms with Crippen LogP contribution in [0.3, 0.4) is 0 Å². The SMILES string of the molecule is COc1cccc(O)c1C(=O)NC[C@]1(c2ccccc2)CC[C@@H](NS(=O)(=O)NCc2cnc(C)cn2)CC1. The lowest BCUT2D eigenvalue weighted by Gasteiger charge is -2.41. The average molecular weight is 540 g/mol. The molecule has 0 bridgehead atoms. The Balaban J connectivity index is 1.42. The van der Waals surface area contributed by atoms with E-state index in [1.165, 1.54) is 13.2 Å². The first-order chi connectivity index (χ1) is 18.2. The second-order valence-electron chi connectivity index (χ2n) is 9.55. The molecule has 0 atom stereocenters. The van der Waals surface area contributed by atoms with E-state index in [0.29, 0.717) is 43.7 Å². The van der Waals surface area contributed by atoms with E-state index in [4.69, 9.17) is 4.74 Å². The van der Waals surface area contributed by atoms with Crippen LogP contribution in [-0.2, 0) is 22.2 Å². The van der Waals surface area contributed by atoms with E-state index < -0.39 is 16.1 Å². The molecule has 10 nitrogen and oxygen atoms in total. The average Bonchev–Trinajstić information content (AvgIpc) is 2.92. The van der Waals surface area contributed by atoms with Crippen LogP contribution >= 0.6 is 0 Å². The van der Waals surface area contributed by atoms with Crippen molar-refractivity contribution >= 4 is 16.1 Å². The van der Waals surface area contributed by atoms with E-state index in [9.17, 15) is 18.3 Å². The Bertz CT molecular complexity index is 1340. The Morgan fingerprint density at radius 1 is 1.08 bits per heavy atom. The number of nitrogens with one attached hydrogen (secondary N) is 3. The van der Waals surface area contributed by atoms with E-state index in [2.05, 4.69) is 24.7 Å². The number of aromatic nitrogens is 2. The summed E-state index contributed by atoms with van der Waals surface area (Å²) in [4.78, 5) is 21.4. The molecule has 4 rings (SSSR count). The maximum Gasteiger partial charge on any atom is 0.277 e. The maximum absolute atomic E-state index is 13.1. The molecule has 4 N–H and O–H groups in total. The molecule has 202 valence electrons. The van der Waals surface area contributed by atoms with E-state index in [0.717, 1.165) is 11.3 Å². The van der Waals surface area contributed by atoms with Gasteiger partial charge < -0.3 is 15.2 Å². The lowest BCUT2D eigenvalue weighted by Crippen LogP contribution is -2.49. The number of benzene rings is 2. The number of amides is 1. The molecule has 0 saturated heterocycles. The van der Waals surface area contributed by atoms with Crippen LogP contribution in [-0.4, -0.2) is 49.1 Å². The van der Waals surface area contributed by atoms with E-state index in [1.807, 2.05) is 37.3 Å². The second kappa shape index (κ2) is 11.9. The number of aromatic hydroxyl groups is 1. The normalized spacial score (nSPS) is 19.6. The standard InChI is InChI=1S/C27H33N5O5S/c1-19-15-29-22(16-28-19)17-31-38(35,36)32-21-11-13-27(14-12-21,20-7-4-3-5-8-20)18-30-26(34)25-23(33)9-6-10-24(25)37-2/h3-10,15-16,21,31-33H,11-14,17-18H2,1-2H3,(H,30,34)/t21-,27+. The molecule has 1 fully saturated rings. The van der Waals surface area contributed by atoms with Crippen LogP contribution in [0, 0.1) is 6.92 Å². The number of methoxy groups -OCH3 is 1. The van der Waals surface area contributed by atoms with Crippen LogP contribution in [0.4, 0.5) is 0 Å². The van der Waals surface area contributed by atoms with Crippen molar-refractivity contribution in [2.45, 2.75) is 50.6 Å². The van der Waals surface area contributed by atoms with Crippen LogP contribution in [0.2, 0.25) is 0 Å². The molecule has 2 aromatic carbocycles. The summed E-state index contributed by atoms with van der Waals surface area (Å²) in [7, 11) is -2.30. The molecule has 0 spiro atoms. The number of nitrogens with zero attached hydrogens (tertiary/aromatic N) is 2. The van der Waals surface area contributed by atoms with Gasteiger partial charge in [0.2, 0.25) is 0 Å². The van der Waals surface area contributed by atoms with Crippen molar-refractivity contribution in [2.75, 3.05) is 13.7 Å². The third-order valence-corrected chi connectivity index (χ3v) is 8.13. The van der Waals surface area contributed by atoms with Crippen molar-refractivity contribution < 1.29 is 23.1 Å². The van der Waals surface area contributed by atoms with Gasteiger partial charge in [-0.05, 0) is 50.3 Å². The summed E-state index contributed by atoms with van der Waals surface area (Å²) in [6.07, 6.45) is 5.64. The van der Waals surface area contributed by atoms with Gasteiger partial charge in [-0.15, -0.1) is 0 Å². The van der Waals surface area contributed by atoms with Gasteiger partial charge in [0.15, 0.2) is 0 Å². The summed E-state index contributed by atoms with van der Waals surface area (Å²) < 4.78 is 35.9. The number of carbonyl (C=O) groups excluding carboxylic acids is 1. The Morgan fingerprint density at radius 3 is 2.47 bits per heavy atom. The number of rotatable bonds is 10. The summed E-state index contributed by atoms with van der Waals surface area (Å²) >= 11 is 0. The smallest absolute Gasteiger partial charge is 0.277 e. The fraction of sp³-hybridized carbons (Fsp3) is 0.370. The van der Waals surface area contributed by atoms with Gasteiger partial charge in [0.25, 0.3) is 16.1 Å². The predicted molar refractivity (Wildman–Crippen MR) is 143 cm³/mol. The minimum absolute atomic E-state index is 0.0467. The minimum Gasteiger partial charge on any atom is -0.507 e. The Kier molecular flexibility index (Phi) is 8.60. The minimum atomic E-state index is -3.74. The molecule has 1 amide bonds. The first-order valence-electron chi connectivity index (χ1n) is 12.5. The van der Waals surface area contributed by atoms with Crippen molar-refractivity contribution in [2.24, 2.45) is 0 Å². The molecule has 11 heteroatoms. The lowest BCUT2D eigenvalue weighted by molar-refractivity contribution is 0.0929. The largest absolute Gasteiger partial charge is 0.507 e. The summed E-state index contributed by atoms with van der Waals surface area (Å²) in [6.45, 7) is 2.19. The Hall–Kier alpha value is -3.54. The van der Waals surface area contributed by atoms with Crippen molar-refractivity contribution in [3.8, 4) is 11.5 Å². The highest BCUT2D eigenvalue weighted by Gasteiger charge is 2.38. The monoisotopic (exact) mass is 539 g/mol. The van der Waals surface area contributed by atoms with Crippen LogP contribution < -0.4 is 19.5 Å². The van der Waals surface area contributed by atoms with Gasteiger partial charge >= 0.3 is 0 Å².